The summed E-state index contributed by atoms with van der Waals surface area (Å²) in [4.78, 5) is 11.7. The molecule has 0 unspecified atom stereocenters. The maximum Gasteiger partial charge on any atom is 0.160 e. The average Bonchev–Trinajstić information content (AvgIpc) is 2.69. The molecule has 19 heavy (non-hydrogen) atoms. The molecule has 0 radical (unpaired) electrons. The highest BCUT2D eigenvalue weighted by molar-refractivity contribution is 6.43. The Morgan fingerprint density at radius 3 is 2.84 bits per heavy atom. The summed E-state index contributed by atoms with van der Waals surface area (Å²) in [5, 5.41) is 1.13. The first kappa shape index (κ1) is 13.0. The quantitative estimate of drug-likeness (QED) is 0.735. The van der Waals surface area contributed by atoms with E-state index in [4.69, 9.17) is 23.2 Å². The van der Waals surface area contributed by atoms with Crippen molar-refractivity contribution in [3.05, 3.63) is 51.0 Å². The van der Waals surface area contributed by atoms with Crippen LogP contribution in [-0.2, 0) is 4.79 Å². The summed E-state index contributed by atoms with van der Waals surface area (Å²) in [6.07, 6.45) is 6.46. The zero-order valence-corrected chi connectivity index (χ0v) is 12.2. The van der Waals surface area contributed by atoms with Crippen molar-refractivity contribution in [3.8, 4) is 0 Å². The fraction of sp³-hybridized carbons (Fsp3) is 0.312. The van der Waals surface area contributed by atoms with Crippen LogP contribution >= 0.6 is 23.2 Å². The van der Waals surface area contributed by atoms with E-state index in [0.29, 0.717) is 22.4 Å². The van der Waals surface area contributed by atoms with Gasteiger partial charge in [0, 0.05) is 17.9 Å². The summed E-state index contributed by atoms with van der Waals surface area (Å²) in [5.74, 6) is 0.493. The fourth-order valence-electron chi connectivity index (χ4n) is 3.07. The van der Waals surface area contributed by atoms with Crippen molar-refractivity contribution in [1.82, 2.24) is 0 Å². The van der Waals surface area contributed by atoms with E-state index in [0.717, 1.165) is 24.0 Å². The molecule has 0 aliphatic heterocycles. The molecule has 0 amide bonds. The lowest BCUT2D eigenvalue weighted by atomic mass is 9.89. The van der Waals surface area contributed by atoms with Crippen molar-refractivity contribution >= 4 is 34.6 Å². The van der Waals surface area contributed by atoms with Crippen LogP contribution in [0.2, 0.25) is 10.0 Å². The third kappa shape index (κ3) is 1.96. The number of fused-ring (bicyclic) bond motifs is 3. The van der Waals surface area contributed by atoms with Crippen LogP contribution < -0.4 is 0 Å². The molecule has 0 saturated heterocycles. The van der Waals surface area contributed by atoms with E-state index in [1.54, 1.807) is 6.08 Å². The van der Waals surface area contributed by atoms with E-state index in [1.165, 1.54) is 11.1 Å². The number of hydrogen-bond acceptors (Lipinski definition) is 1. The standard InChI is InChI=1S/C16H14Cl2O/c1-2-3-10-11-5-4-9(19)8-13(11)15-12(10)6-7-14(17)16(15)18/h5-8,10H,2-4H2,1H3/t10-/m1/s1. The molecule has 0 heterocycles. The van der Waals surface area contributed by atoms with E-state index >= 15 is 0 Å². The van der Waals surface area contributed by atoms with Gasteiger partial charge in [-0.1, -0.05) is 48.7 Å². The second kappa shape index (κ2) is 4.81. The maximum atomic E-state index is 11.7. The Hall–Kier alpha value is -1.05. The molecule has 0 saturated carbocycles. The smallest absolute Gasteiger partial charge is 0.160 e. The van der Waals surface area contributed by atoms with E-state index in [9.17, 15) is 4.79 Å². The molecule has 1 atom stereocenters. The van der Waals surface area contributed by atoms with Gasteiger partial charge < -0.3 is 0 Å². The molecule has 0 aromatic heterocycles. The molecular formula is C16H14Cl2O. The number of hydrogen-bond donors (Lipinski definition) is 0. The lowest BCUT2D eigenvalue weighted by Crippen LogP contribution is -2.02. The normalized spacial score (nSPS) is 20.8. The topological polar surface area (TPSA) is 17.1 Å². The Kier molecular flexibility index (Phi) is 3.28. The van der Waals surface area contributed by atoms with Gasteiger partial charge in [-0.15, -0.1) is 0 Å². The Morgan fingerprint density at radius 2 is 2.11 bits per heavy atom. The number of halogens is 2. The monoisotopic (exact) mass is 292 g/mol. The summed E-state index contributed by atoms with van der Waals surface area (Å²) in [5.41, 5.74) is 4.41. The van der Waals surface area contributed by atoms with Crippen LogP contribution in [0.5, 0.6) is 0 Å². The first-order valence-electron chi connectivity index (χ1n) is 6.56. The Labute approximate surface area is 122 Å². The Balaban J connectivity index is 2.25. The summed E-state index contributed by atoms with van der Waals surface area (Å²) >= 11 is 12.5. The SMILES string of the molecule is CCC[C@@H]1C2=CCC(=O)C=C2c2c1ccc(Cl)c2Cl. The second-order valence-electron chi connectivity index (χ2n) is 5.05. The number of carbonyl (C=O) groups is 1. The Bertz CT molecular complexity index is 626. The molecule has 1 aromatic rings. The molecular weight excluding hydrogens is 279 g/mol. The van der Waals surface area contributed by atoms with Crippen LogP contribution in [0, 0.1) is 0 Å². The minimum Gasteiger partial charge on any atom is -0.294 e. The first-order valence-corrected chi connectivity index (χ1v) is 7.32. The number of allylic oxidation sites excluding steroid dienone is 4. The van der Waals surface area contributed by atoms with Crippen LogP contribution in [0.4, 0.5) is 0 Å². The molecule has 3 heteroatoms. The second-order valence-corrected chi connectivity index (χ2v) is 5.84. The van der Waals surface area contributed by atoms with Gasteiger partial charge in [0.2, 0.25) is 0 Å². The molecule has 1 nitrogen and oxygen atoms in total. The molecule has 2 aliphatic carbocycles. The van der Waals surface area contributed by atoms with Gasteiger partial charge in [0.1, 0.15) is 0 Å². The molecule has 3 rings (SSSR count). The Morgan fingerprint density at radius 1 is 1.32 bits per heavy atom. The highest BCUT2D eigenvalue weighted by Crippen LogP contribution is 2.52. The highest BCUT2D eigenvalue weighted by atomic mass is 35.5. The predicted octanol–water partition coefficient (Wildman–Crippen LogP) is 5.17. The zero-order chi connectivity index (χ0) is 13.6. The molecule has 2 aliphatic rings. The molecule has 0 fully saturated rings. The molecule has 0 N–H and O–H groups in total. The van der Waals surface area contributed by atoms with E-state index in [1.807, 2.05) is 12.1 Å². The average molecular weight is 293 g/mol. The number of benzene rings is 1. The number of rotatable bonds is 2. The molecule has 98 valence electrons. The lowest BCUT2D eigenvalue weighted by Gasteiger charge is -2.14. The molecule has 0 bridgehead atoms. The van der Waals surface area contributed by atoms with E-state index in [-0.39, 0.29) is 5.78 Å². The molecule has 0 spiro atoms. The largest absolute Gasteiger partial charge is 0.294 e. The molecule has 1 aromatic carbocycles. The minimum absolute atomic E-state index is 0.137. The summed E-state index contributed by atoms with van der Waals surface area (Å²) < 4.78 is 0. The maximum absolute atomic E-state index is 11.7. The van der Waals surface area contributed by atoms with E-state index in [2.05, 4.69) is 13.0 Å². The minimum atomic E-state index is 0.137. The highest BCUT2D eigenvalue weighted by Gasteiger charge is 2.34. The predicted molar refractivity (Wildman–Crippen MR) is 79.8 cm³/mol. The third-order valence-electron chi connectivity index (χ3n) is 3.86. The van der Waals surface area contributed by atoms with Gasteiger partial charge in [0.25, 0.3) is 0 Å². The van der Waals surface area contributed by atoms with Crippen LogP contribution in [0.3, 0.4) is 0 Å². The van der Waals surface area contributed by atoms with Crippen LogP contribution in [0.15, 0.2) is 29.9 Å². The van der Waals surface area contributed by atoms with Gasteiger partial charge >= 0.3 is 0 Å². The van der Waals surface area contributed by atoms with Crippen LogP contribution in [0.25, 0.3) is 5.57 Å². The van der Waals surface area contributed by atoms with Crippen molar-refractivity contribution in [3.63, 3.8) is 0 Å². The third-order valence-corrected chi connectivity index (χ3v) is 4.67. The van der Waals surface area contributed by atoms with Crippen molar-refractivity contribution < 1.29 is 4.79 Å². The fourth-order valence-corrected chi connectivity index (χ4v) is 3.50. The van der Waals surface area contributed by atoms with Gasteiger partial charge in [-0.05, 0) is 35.3 Å². The van der Waals surface area contributed by atoms with Gasteiger partial charge in [0.15, 0.2) is 5.78 Å². The first-order chi connectivity index (χ1) is 9.13. The van der Waals surface area contributed by atoms with Gasteiger partial charge in [-0.2, -0.15) is 0 Å². The number of carbonyl (C=O) groups excluding carboxylic acids is 1. The number of ketones is 1. The van der Waals surface area contributed by atoms with Gasteiger partial charge in [0.05, 0.1) is 10.0 Å². The van der Waals surface area contributed by atoms with Crippen molar-refractivity contribution in [2.24, 2.45) is 0 Å². The van der Waals surface area contributed by atoms with Crippen molar-refractivity contribution in [2.75, 3.05) is 0 Å². The van der Waals surface area contributed by atoms with Gasteiger partial charge in [-0.3, -0.25) is 4.79 Å². The summed E-state index contributed by atoms with van der Waals surface area (Å²) in [7, 11) is 0. The van der Waals surface area contributed by atoms with Crippen LogP contribution in [0.1, 0.15) is 43.2 Å². The van der Waals surface area contributed by atoms with E-state index < -0.39 is 0 Å². The van der Waals surface area contributed by atoms with Gasteiger partial charge in [-0.25, -0.2) is 0 Å². The van der Waals surface area contributed by atoms with Crippen LogP contribution in [-0.4, -0.2) is 5.78 Å². The lowest BCUT2D eigenvalue weighted by molar-refractivity contribution is -0.113. The summed E-state index contributed by atoms with van der Waals surface area (Å²) in [6, 6.07) is 3.90. The zero-order valence-electron chi connectivity index (χ0n) is 10.7. The summed E-state index contributed by atoms with van der Waals surface area (Å²) in [6.45, 7) is 2.17. The van der Waals surface area contributed by atoms with Crippen molar-refractivity contribution in [2.45, 2.75) is 32.1 Å². The van der Waals surface area contributed by atoms with Crippen molar-refractivity contribution in [1.29, 1.82) is 0 Å².